The maximum atomic E-state index is 12.7. The van der Waals surface area contributed by atoms with E-state index < -0.39 is 32.5 Å². The van der Waals surface area contributed by atoms with Crippen LogP contribution in [0.25, 0.3) is 0 Å². The van der Waals surface area contributed by atoms with Gasteiger partial charge in [-0.25, -0.2) is 0 Å². The van der Waals surface area contributed by atoms with Gasteiger partial charge in [0.05, 0.1) is 40.0 Å². The van der Waals surface area contributed by atoms with Gasteiger partial charge in [0.2, 0.25) is 0 Å². The molecular formula is C53H88NO9P. The third kappa shape index (κ3) is 40.4. The Morgan fingerprint density at radius 2 is 1.06 bits per heavy atom. The van der Waals surface area contributed by atoms with Crippen molar-refractivity contribution in [1.29, 1.82) is 0 Å². The Balaban J connectivity index is 2.30. The average Bonchev–Trinajstić information content (AvgIpc) is 4.01. The topological polar surface area (TPSA) is 124 Å². The summed E-state index contributed by atoms with van der Waals surface area (Å²) < 4.78 is 39.6. The number of phosphoric ester groups is 1. The van der Waals surface area contributed by atoms with Gasteiger partial charge in [-0.05, 0) is 89.9 Å². The van der Waals surface area contributed by atoms with E-state index in [1.165, 1.54) is 32.1 Å². The molecule has 1 fully saturated rings. The summed E-state index contributed by atoms with van der Waals surface area (Å²) in [4.78, 5) is 37.7. The molecule has 0 aromatic carbocycles. The van der Waals surface area contributed by atoms with E-state index in [0.29, 0.717) is 36.1 Å². The smallest absolute Gasteiger partial charge is 0.306 e. The van der Waals surface area contributed by atoms with Crippen LogP contribution in [0.3, 0.4) is 0 Å². The number of esters is 2. The van der Waals surface area contributed by atoms with Gasteiger partial charge in [-0.2, -0.15) is 0 Å². The monoisotopic (exact) mass is 914 g/mol. The number of hydrogen-bond acceptors (Lipinski definition) is 9. The van der Waals surface area contributed by atoms with Crippen molar-refractivity contribution < 1.29 is 46.8 Å². The number of hydrogen-bond donors (Lipinski definition) is 0. The van der Waals surface area contributed by atoms with Gasteiger partial charge in [0, 0.05) is 12.8 Å². The number of rotatable bonds is 42. The molecule has 3 unspecified atom stereocenters. The van der Waals surface area contributed by atoms with Crippen molar-refractivity contribution in [2.75, 3.05) is 47.5 Å². The summed E-state index contributed by atoms with van der Waals surface area (Å²) in [5, 5.41) is 0. The summed E-state index contributed by atoms with van der Waals surface area (Å²) in [5.74, 6) is -0.960. The van der Waals surface area contributed by atoms with Gasteiger partial charge in [-0.3, -0.25) is 14.2 Å². The Kier molecular flexibility index (Phi) is 37.0. The Morgan fingerprint density at radius 1 is 0.578 bits per heavy atom. The van der Waals surface area contributed by atoms with Crippen LogP contribution in [0, 0.1) is 0 Å². The molecule has 0 saturated carbocycles. The van der Waals surface area contributed by atoms with E-state index in [1.54, 1.807) is 0 Å². The van der Waals surface area contributed by atoms with Crippen LogP contribution >= 0.6 is 7.82 Å². The largest absolute Gasteiger partial charge is 0.756 e. The second kappa shape index (κ2) is 40.2. The van der Waals surface area contributed by atoms with Gasteiger partial charge < -0.3 is 32.6 Å². The predicted molar refractivity (Wildman–Crippen MR) is 263 cm³/mol. The SMILES string of the molecule is CC/C=C\CC1OC1C/C=C\C/C=C\C/C=C\C/C=C\CCC(=O)OC[C@H](COP(=O)([O-])OCC[N+](C)(C)C)OC(=O)CCCCCCCC/C=C\C/C=C\C/C=C\CCCCCC. The molecule has 1 aliphatic rings. The van der Waals surface area contributed by atoms with Gasteiger partial charge in [-0.1, -0.05) is 156 Å². The summed E-state index contributed by atoms with van der Waals surface area (Å²) in [6.07, 6.45) is 56.3. The molecule has 0 bridgehead atoms. The first kappa shape index (κ1) is 58.9. The minimum atomic E-state index is -4.66. The van der Waals surface area contributed by atoms with Crippen LogP contribution in [0.2, 0.25) is 0 Å². The van der Waals surface area contributed by atoms with Crippen molar-refractivity contribution >= 4 is 19.8 Å². The van der Waals surface area contributed by atoms with E-state index in [2.05, 4.69) is 98.9 Å². The highest BCUT2D eigenvalue weighted by molar-refractivity contribution is 7.45. The normalized spacial score (nSPS) is 17.5. The molecular weight excluding hydrogens is 826 g/mol. The van der Waals surface area contributed by atoms with Crippen LogP contribution < -0.4 is 4.89 Å². The van der Waals surface area contributed by atoms with Crippen molar-refractivity contribution in [3.8, 4) is 0 Å². The minimum Gasteiger partial charge on any atom is -0.756 e. The molecule has 1 saturated heterocycles. The number of allylic oxidation sites excluding steroid dienone is 14. The zero-order chi connectivity index (χ0) is 46.8. The zero-order valence-corrected chi connectivity index (χ0v) is 41.5. The number of nitrogens with zero attached hydrogens (tertiary/aromatic N) is 1. The van der Waals surface area contributed by atoms with Crippen molar-refractivity contribution in [3.05, 3.63) is 97.2 Å². The number of unbranched alkanes of at least 4 members (excludes halogenated alkanes) is 10. The predicted octanol–water partition coefficient (Wildman–Crippen LogP) is 12.9. The van der Waals surface area contributed by atoms with E-state index in [0.717, 1.165) is 89.9 Å². The molecule has 0 aliphatic carbocycles. The lowest BCUT2D eigenvalue weighted by molar-refractivity contribution is -0.870. The first-order chi connectivity index (χ1) is 31.0. The highest BCUT2D eigenvalue weighted by Gasteiger charge is 2.36. The van der Waals surface area contributed by atoms with E-state index in [-0.39, 0.29) is 26.1 Å². The van der Waals surface area contributed by atoms with Crippen LogP contribution in [-0.2, 0) is 37.4 Å². The first-order valence-electron chi connectivity index (χ1n) is 24.6. The van der Waals surface area contributed by atoms with Gasteiger partial charge in [0.1, 0.15) is 19.8 Å². The number of ether oxygens (including phenoxy) is 3. The third-order valence-electron chi connectivity index (χ3n) is 10.3. The fraction of sp³-hybridized carbons (Fsp3) is 0.660. The Labute approximate surface area is 389 Å². The van der Waals surface area contributed by atoms with Crippen LogP contribution in [0.15, 0.2) is 97.2 Å². The number of epoxide rings is 1. The summed E-state index contributed by atoms with van der Waals surface area (Å²) in [5.41, 5.74) is 0. The quantitative estimate of drug-likeness (QED) is 0.0147. The highest BCUT2D eigenvalue weighted by atomic mass is 31.2. The summed E-state index contributed by atoms with van der Waals surface area (Å²) in [6.45, 7) is 3.97. The Hall–Kier alpha value is -3.11. The Bertz CT molecular complexity index is 1470. The molecule has 4 atom stereocenters. The van der Waals surface area contributed by atoms with Gasteiger partial charge in [0.15, 0.2) is 6.10 Å². The molecule has 10 nitrogen and oxygen atoms in total. The number of quaternary nitrogens is 1. The lowest BCUT2D eigenvalue weighted by atomic mass is 10.1. The zero-order valence-electron chi connectivity index (χ0n) is 40.6. The van der Waals surface area contributed by atoms with Crippen LogP contribution in [0.4, 0.5) is 0 Å². The van der Waals surface area contributed by atoms with Crippen molar-refractivity contribution in [2.45, 2.75) is 180 Å². The standard InChI is InChI=1S/C53H88NO9P/c1-6-8-10-11-12-13-14-15-16-17-18-19-20-21-22-27-30-33-36-40-44-53(56)62-49(48-61-64(57,58)60-46-45-54(3,4)5)47-59-52(55)43-39-35-32-29-26-24-23-25-28-31-34-38-42-51-50(63-51)41-37-9-7-2/h9,13-14,16-17,19-20,24-26,28,32,34-35,37-38,49-51H,6-8,10-12,15,18,21-23,27,29-31,33,36,39-48H2,1-5H3/b14-13-,17-16-,20-19-,26-24-,28-25-,35-32-,37-9-,38-34-/t49-,50?,51?/m1/s1. The second-order valence-corrected chi connectivity index (χ2v) is 18.9. The minimum absolute atomic E-state index is 0.0523. The third-order valence-corrected chi connectivity index (χ3v) is 11.2. The van der Waals surface area contributed by atoms with Crippen LogP contribution in [0.5, 0.6) is 0 Å². The van der Waals surface area contributed by atoms with E-state index >= 15 is 0 Å². The van der Waals surface area contributed by atoms with Crippen molar-refractivity contribution in [3.63, 3.8) is 0 Å². The number of carbonyl (C=O) groups excluding carboxylic acids is 2. The van der Waals surface area contributed by atoms with Crippen LogP contribution in [0.1, 0.15) is 162 Å². The number of phosphoric acid groups is 1. The molecule has 0 radical (unpaired) electrons. The maximum absolute atomic E-state index is 12.7. The number of likely N-dealkylation sites (N-methyl/N-ethyl adjacent to an activating group) is 1. The summed E-state index contributed by atoms with van der Waals surface area (Å²) in [6, 6.07) is 0. The van der Waals surface area contributed by atoms with Crippen molar-refractivity contribution in [2.24, 2.45) is 0 Å². The average molecular weight is 914 g/mol. The second-order valence-electron chi connectivity index (χ2n) is 17.5. The van der Waals surface area contributed by atoms with Gasteiger partial charge in [-0.15, -0.1) is 0 Å². The molecule has 364 valence electrons. The molecule has 0 amide bonds. The van der Waals surface area contributed by atoms with Gasteiger partial charge in [0.25, 0.3) is 7.82 Å². The molecule has 1 heterocycles. The lowest BCUT2D eigenvalue weighted by Crippen LogP contribution is -2.37. The summed E-state index contributed by atoms with van der Waals surface area (Å²) >= 11 is 0. The summed E-state index contributed by atoms with van der Waals surface area (Å²) in [7, 11) is 1.09. The first-order valence-corrected chi connectivity index (χ1v) is 26.0. The van der Waals surface area contributed by atoms with Gasteiger partial charge >= 0.3 is 11.9 Å². The molecule has 1 aliphatic heterocycles. The van der Waals surface area contributed by atoms with Crippen molar-refractivity contribution in [1.82, 2.24) is 0 Å². The Morgan fingerprint density at radius 3 is 1.61 bits per heavy atom. The molecule has 64 heavy (non-hydrogen) atoms. The molecule has 0 aromatic heterocycles. The number of carbonyl (C=O) groups is 2. The van der Waals surface area contributed by atoms with E-state index in [9.17, 15) is 19.0 Å². The van der Waals surface area contributed by atoms with Crippen LogP contribution in [-0.4, -0.2) is 82.2 Å². The van der Waals surface area contributed by atoms with E-state index in [4.69, 9.17) is 23.3 Å². The molecule has 1 rings (SSSR count). The molecule has 11 heteroatoms. The fourth-order valence-corrected chi connectivity index (χ4v) is 7.04. The lowest BCUT2D eigenvalue weighted by Gasteiger charge is -2.28. The maximum Gasteiger partial charge on any atom is 0.306 e. The van der Waals surface area contributed by atoms with E-state index in [1.807, 2.05) is 33.3 Å². The highest BCUT2D eigenvalue weighted by Crippen LogP contribution is 2.38. The molecule has 0 spiro atoms. The fourth-order valence-electron chi connectivity index (χ4n) is 6.32. The molecule has 0 N–H and O–H groups in total. The molecule has 0 aromatic rings.